The van der Waals surface area contributed by atoms with Crippen molar-refractivity contribution < 1.29 is 17.4 Å². The number of allylic oxidation sites excluding steroid dienone is 1. The summed E-state index contributed by atoms with van der Waals surface area (Å²) in [5, 5.41) is 0.757. The van der Waals surface area contributed by atoms with Gasteiger partial charge in [-0.05, 0) is 29.8 Å². The third-order valence-electron chi connectivity index (χ3n) is 3.31. The van der Waals surface area contributed by atoms with Crippen LogP contribution in [0.15, 0.2) is 51.3 Å². The molecule has 1 aromatic carbocycles. The van der Waals surface area contributed by atoms with E-state index in [9.17, 15) is 17.4 Å². The number of aliphatic imine (C=N–C) groups is 2. The number of hydrogen-bond donors (Lipinski definition) is 0. The fourth-order valence-electron chi connectivity index (χ4n) is 2.35. The SMILES string of the molecule is O=S(c1cccc(C2(C3=NCCS3)C=CC=N2)c1)C(F)(F)F. The van der Waals surface area contributed by atoms with Crippen molar-refractivity contribution in [1.29, 1.82) is 0 Å². The van der Waals surface area contributed by atoms with Crippen LogP contribution in [0.1, 0.15) is 5.56 Å². The van der Waals surface area contributed by atoms with E-state index in [0.717, 1.165) is 10.8 Å². The van der Waals surface area contributed by atoms with Crippen molar-refractivity contribution in [1.82, 2.24) is 0 Å². The smallest absolute Gasteiger partial charge is 0.279 e. The van der Waals surface area contributed by atoms with Gasteiger partial charge < -0.3 is 0 Å². The maximum Gasteiger partial charge on any atom is 0.475 e. The van der Waals surface area contributed by atoms with Gasteiger partial charge in [0.1, 0.15) is 5.04 Å². The van der Waals surface area contributed by atoms with Gasteiger partial charge in [0.05, 0.1) is 0 Å². The monoisotopic (exact) mass is 344 g/mol. The van der Waals surface area contributed by atoms with Crippen LogP contribution in [-0.4, -0.2) is 33.3 Å². The predicted molar refractivity (Wildman–Crippen MR) is 83.0 cm³/mol. The average Bonchev–Trinajstić information content (AvgIpc) is 3.17. The Kier molecular flexibility index (Phi) is 3.98. The first-order valence-corrected chi connectivity index (χ1v) is 8.57. The Hall–Kier alpha value is -1.41. The van der Waals surface area contributed by atoms with Crippen LogP contribution >= 0.6 is 11.8 Å². The number of halogens is 3. The van der Waals surface area contributed by atoms with Gasteiger partial charge in [-0.3, -0.25) is 9.98 Å². The van der Waals surface area contributed by atoms with E-state index >= 15 is 0 Å². The van der Waals surface area contributed by atoms with Crippen molar-refractivity contribution in [2.75, 3.05) is 12.3 Å². The summed E-state index contributed by atoms with van der Waals surface area (Å²) < 4.78 is 49.6. The van der Waals surface area contributed by atoms with Crippen molar-refractivity contribution in [2.24, 2.45) is 9.98 Å². The number of thioether (sulfide) groups is 1. The molecule has 3 rings (SSSR count). The van der Waals surface area contributed by atoms with Gasteiger partial charge in [-0.15, -0.1) is 11.8 Å². The molecule has 0 radical (unpaired) electrons. The second-order valence-corrected chi connectivity index (χ2v) is 7.24. The number of alkyl halides is 3. The van der Waals surface area contributed by atoms with Crippen LogP contribution < -0.4 is 0 Å². The average molecular weight is 344 g/mol. The van der Waals surface area contributed by atoms with Crippen molar-refractivity contribution in [2.45, 2.75) is 15.9 Å². The lowest BCUT2D eigenvalue weighted by atomic mass is 9.92. The largest absolute Gasteiger partial charge is 0.475 e. The molecule has 0 aliphatic carbocycles. The van der Waals surface area contributed by atoms with Gasteiger partial charge in [-0.2, -0.15) is 13.2 Å². The fraction of sp³-hybridized carbons (Fsp3) is 0.286. The molecule has 0 spiro atoms. The minimum absolute atomic E-state index is 0.275. The van der Waals surface area contributed by atoms with Crippen molar-refractivity contribution in [3.05, 3.63) is 42.0 Å². The first-order chi connectivity index (χ1) is 10.4. The van der Waals surface area contributed by atoms with E-state index < -0.39 is 21.8 Å². The van der Waals surface area contributed by atoms with E-state index in [4.69, 9.17) is 0 Å². The highest BCUT2D eigenvalue weighted by atomic mass is 32.2. The lowest BCUT2D eigenvalue weighted by molar-refractivity contribution is -0.0384. The summed E-state index contributed by atoms with van der Waals surface area (Å²) >= 11 is 1.54. The summed E-state index contributed by atoms with van der Waals surface area (Å²) in [6, 6.07) is 5.67. The number of nitrogens with zero attached hydrogens (tertiary/aromatic N) is 2. The van der Waals surface area contributed by atoms with Crippen molar-refractivity contribution in [3.63, 3.8) is 0 Å². The summed E-state index contributed by atoms with van der Waals surface area (Å²) in [5.74, 6) is 0.828. The predicted octanol–water partition coefficient (Wildman–Crippen LogP) is 3.30. The van der Waals surface area contributed by atoms with E-state index in [-0.39, 0.29) is 4.90 Å². The Morgan fingerprint density at radius 1 is 1.32 bits per heavy atom. The molecule has 0 aromatic heterocycles. The Morgan fingerprint density at radius 3 is 2.73 bits per heavy atom. The zero-order chi connectivity index (χ0) is 15.8. The van der Waals surface area contributed by atoms with Gasteiger partial charge >= 0.3 is 5.51 Å². The van der Waals surface area contributed by atoms with Gasteiger partial charge in [-0.1, -0.05) is 12.1 Å². The van der Waals surface area contributed by atoms with Crippen LogP contribution in [0.5, 0.6) is 0 Å². The second-order valence-electron chi connectivity index (χ2n) is 4.68. The van der Waals surface area contributed by atoms with E-state index in [1.165, 1.54) is 18.2 Å². The molecular formula is C14H11F3N2OS2. The summed E-state index contributed by atoms with van der Waals surface area (Å²) in [7, 11) is -3.05. The van der Waals surface area contributed by atoms with Gasteiger partial charge in [0.2, 0.25) is 0 Å². The molecule has 116 valence electrons. The van der Waals surface area contributed by atoms with E-state index in [0.29, 0.717) is 12.1 Å². The molecule has 0 bridgehead atoms. The molecule has 0 amide bonds. The molecule has 0 fully saturated rings. The summed E-state index contributed by atoms with van der Waals surface area (Å²) in [6.07, 6.45) is 5.16. The van der Waals surface area contributed by atoms with Crippen LogP contribution in [0, 0.1) is 0 Å². The molecule has 2 aliphatic rings. The lowest BCUT2D eigenvalue weighted by Crippen LogP contribution is -2.28. The molecule has 0 saturated heterocycles. The van der Waals surface area contributed by atoms with Crippen LogP contribution in [0.4, 0.5) is 13.2 Å². The van der Waals surface area contributed by atoms with Gasteiger partial charge in [0.15, 0.2) is 16.3 Å². The number of hydrogen-bond acceptors (Lipinski definition) is 4. The molecule has 2 atom stereocenters. The first-order valence-electron chi connectivity index (χ1n) is 6.43. The standard InChI is InChI=1S/C14H11F3N2OS2/c15-14(16,17)22(20)11-4-1-3-10(9-11)13(5-2-6-19-13)12-18-7-8-21-12/h1-6,9H,7-8H2. The van der Waals surface area contributed by atoms with Gasteiger partial charge in [0.25, 0.3) is 0 Å². The Morgan fingerprint density at radius 2 is 2.14 bits per heavy atom. The third-order valence-corrected chi connectivity index (χ3v) is 5.51. The third kappa shape index (κ3) is 2.65. The highest BCUT2D eigenvalue weighted by Gasteiger charge is 2.41. The van der Waals surface area contributed by atoms with Gasteiger partial charge in [-0.25, -0.2) is 4.21 Å². The van der Waals surface area contributed by atoms with Crippen molar-refractivity contribution >= 4 is 33.8 Å². The number of rotatable bonds is 3. The Labute approximate surface area is 131 Å². The van der Waals surface area contributed by atoms with E-state index in [1.807, 2.05) is 0 Å². The lowest BCUT2D eigenvalue weighted by Gasteiger charge is -2.25. The molecule has 2 aliphatic heterocycles. The topological polar surface area (TPSA) is 41.8 Å². The summed E-state index contributed by atoms with van der Waals surface area (Å²) in [4.78, 5) is 8.55. The maximum atomic E-state index is 12.7. The van der Waals surface area contributed by atoms with Crippen LogP contribution in [0.25, 0.3) is 0 Å². The molecule has 0 N–H and O–H groups in total. The molecule has 2 unspecified atom stereocenters. The number of benzene rings is 1. The molecular weight excluding hydrogens is 333 g/mol. The van der Waals surface area contributed by atoms with Crippen LogP contribution in [0.2, 0.25) is 0 Å². The minimum Gasteiger partial charge on any atom is -0.279 e. The van der Waals surface area contributed by atoms with Crippen LogP contribution in [-0.2, 0) is 16.3 Å². The zero-order valence-electron chi connectivity index (χ0n) is 11.2. The Bertz CT molecular complexity index is 698. The summed E-state index contributed by atoms with van der Waals surface area (Å²) in [5.41, 5.74) is -5.12. The quantitative estimate of drug-likeness (QED) is 0.844. The molecule has 3 nitrogen and oxygen atoms in total. The fourth-order valence-corrected chi connectivity index (χ4v) is 4.08. The van der Waals surface area contributed by atoms with E-state index in [1.54, 1.807) is 36.2 Å². The molecule has 8 heteroatoms. The van der Waals surface area contributed by atoms with Crippen LogP contribution in [0.3, 0.4) is 0 Å². The molecule has 1 aromatic rings. The normalized spacial score (nSPS) is 25.5. The van der Waals surface area contributed by atoms with Crippen molar-refractivity contribution in [3.8, 4) is 0 Å². The highest BCUT2D eigenvalue weighted by Crippen LogP contribution is 2.39. The molecule has 22 heavy (non-hydrogen) atoms. The van der Waals surface area contributed by atoms with E-state index in [2.05, 4.69) is 9.98 Å². The summed E-state index contributed by atoms with van der Waals surface area (Å²) in [6.45, 7) is 0.666. The zero-order valence-corrected chi connectivity index (χ0v) is 12.8. The highest BCUT2D eigenvalue weighted by molar-refractivity contribution is 8.14. The maximum absolute atomic E-state index is 12.7. The van der Waals surface area contributed by atoms with Gasteiger partial charge in [0, 0.05) is 23.4 Å². The Balaban J connectivity index is 2.06. The molecule has 0 saturated carbocycles. The molecule has 2 heterocycles. The minimum atomic E-state index is -4.78. The second kappa shape index (κ2) is 5.66. The first kappa shape index (κ1) is 15.5.